The van der Waals surface area contributed by atoms with Gasteiger partial charge in [0.1, 0.15) is 0 Å². The highest BCUT2D eigenvalue weighted by atomic mass is 19.3. The number of carbonyl (C=O) groups is 1. The highest BCUT2D eigenvalue weighted by Crippen LogP contribution is 2.15. The summed E-state index contributed by atoms with van der Waals surface area (Å²) in [5.41, 5.74) is 0. The highest BCUT2D eigenvalue weighted by molar-refractivity contribution is 5.93. The van der Waals surface area contributed by atoms with Gasteiger partial charge in [-0.3, -0.25) is 4.79 Å². The second kappa shape index (κ2) is 4.59. The predicted octanol–water partition coefficient (Wildman–Crippen LogP) is 0.598. The minimum atomic E-state index is -3.27. The summed E-state index contributed by atoms with van der Waals surface area (Å²) in [6.45, 7) is 1.77. The highest BCUT2D eigenvalue weighted by Gasteiger charge is 2.30. The number of hydrogen-bond donors (Lipinski definition) is 1. The molecule has 70 valence electrons. The van der Waals surface area contributed by atoms with Gasteiger partial charge in [0.05, 0.1) is 0 Å². The molecule has 0 fully saturated rings. The molecule has 0 aliphatic carbocycles. The summed E-state index contributed by atoms with van der Waals surface area (Å²) in [6.07, 6.45) is -2.05. The Bertz CT molecular complexity index is 306. The van der Waals surface area contributed by atoms with Crippen molar-refractivity contribution < 1.29 is 18.7 Å². The molecule has 0 heterocycles. The van der Waals surface area contributed by atoms with Crippen molar-refractivity contribution in [3.05, 3.63) is 0 Å². The number of carbonyl (C=O) groups excluding carboxylic acids is 1. The number of aliphatic hydroxyl groups is 1. The Morgan fingerprint density at radius 3 is 2.38 bits per heavy atom. The maximum absolute atomic E-state index is 12.2. The topological polar surface area (TPSA) is 37.3 Å². The van der Waals surface area contributed by atoms with Crippen molar-refractivity contribution in [3.8, 4) is 23.7 Å². The molecule has 0 aromatic rings. The molecule has 0 saturated heterocycles. The summed E-state index contributed by atoms with van der Waals surface area (Å²) >= 11 is 0. The first-order valence-electron chi connectivity index (χ1n) is 3.42. The van der Waals surface area contributed by atoms with Crippen LogP contribution in [0.2, 0.25) is 0 Å². The molecule has 1 N–H and O–H groups in total. The molecule has 0 amide bonds. The fourth-order valence-electron chi connectivity index (χ4n) is 0.350. The second-order valence-electron chi connectivity index (χ2n) is 2.43. The van der Waals surface area contributed by atoms with Crippen LogP contribution in [0.5, 0.6) is 0 Å². The third kappa shape index (κ3) is 5.84. The molecule has 0 spiro atoms. The van der Waals surface area contributed by atoms with Crippen molar-refractivity contribution in [1.82, 2.24) is 0 Å². The minimum Gasteiger partial charge on any atom is -0.374 e. The lowest BCUT2D eigenvalue weighted by Crippen LogP contribution is -2.28. The first kappa shape index (κ1) is 11.6. The number of Topliss-reactive ketones (excluding diaryl/α,β-unsaturated/α-hetero) is 1. The SMILES string of the molecule is CC(=O)C#CC#CC(O)C(C)(F)F. The van der Waals surface area contributed by atoms with Gasteiger partial charge in [-0.05, 0) is 17.8 Å². The zero-order valence-electron chi connectivity index (χ0n) is 7.19. The Kier molecular flexibility index (Phi) is 4.10. The van der Waals surface area contributed by atoms with E-state index in [9.17, 15) is 13.6 Å². The largest absolute Gasteiger partial charge is 0.374 e. The summed E-state index contributed by atoms with van der Waals surface area (Å²) in [5.74, 6) is 4.15. The van der Waals surface area contributed by atoms with Gasteiger partial charge in [0.25, 0.3) is 5.92 Å². The van der Waals surface area contributed by atoms with Gasteiger partial charge in [0.2, 0.25) is 5.78 Å². The van der Waals surface area contributed by atoms with E-state index in [0.717, 1.165) is 0 Å². The Morgan fingerprint density at radius 1 is 1.46 bits per heavy atom. The molecule has 0 aliphatic heterocycles. The summed E-state index contributed by atoms with van der Waals surface area (Å²) in [7, 11) is 0. The van der Waals surface area contributed by atoms with Gasteiger partial charge < -0.3 is 5.11 Å². The van der Waals surface area contributed by atoms with E-state index in [2.05, 4.69) is 0 Å². The monoisotopic (exact) mass is 186 g/mol. The lowest BCUT2D eigenvalue weighted by Gasteiger charge is -2.10. The zero-order valence-corrected chi connectivity index (χ0v) is 7.19. The second-order valence-corrected chi connectivity index (χ2v) is 2.43. The molecule has 1 unspecified atom stereocenters. The maximum Gasteiger partial charge on any atom is 0.281 e. The van der Waals surface area contributed by atoms with Gasteiger partial charge in [-0.1, -0.05) is 5.92 Å². The molecule has 1 atom stereocenters. The van der Waals surface area contributed by atoms with Crippen molar-refractivity contribution >= 4 is 5.78 Å². The van der Waals surface area contributed by atoms with E-state index in [0.29, 0.717) is 6.92 Å². The number of rotatable bonds is 1. The van der Waals surface area contributed by atoms with Crippen LogP contribution in [-0.4, -0.2) is 22.9 Å². The van der Waals surface area contributed by atoms with E-state index < -0.39 is 17.8 Å². The maximum atomic E-state index is 12.2. The Balaban J connectivity index is 4.30. The van der Waals surface area contributed by atoms with Crippen LogP contribution in [0.1, 0.15) is 13.8 Å². The molecule has 0 radical (unpaired) electrons. The van der Waals surface area contributed by atoms with Crippen molar-refractivity contribution in [2.24, 2.45) is 0 Å². The molecule has 0 aliphatic rings. The van der Waals surface area contributed by atoms with Crippen molar-refractivity contribution in [1.29, 1.82) is 0 Å². The summed E-state index contributed by atoms with van der Waals surface area (Å²) in [4.78, 5) is 10.2. The van der Waals surface area contributed by atoms with E-state index in [1.807, 2.05) is 23.7 Å². The number of alkyl halides is 2. The van der Waals surface area contributed by atoms with Gasteiger partial charge in [0.15, 0.2) is 6.10 Å². The number of aliphatic hydroxyl groups excluding tert-OH is 1. The molecule has 0 rings (SSSR count). The minimum absolute atomic E-state index is 0.410. The molecule has 0 aromatic heterocycles. The van der Waals surface area contributed by atoms with E-state index in [1.165, 1.54) is 6.92 Å². The predicted molar refractivity (Wildman–Crippen MR) is 42.9 cm³/mol. The van der Waals surface area contributed by atoms with Crippen LogP contribution >= 0.6 is 0 Å². The summed E-state index contributed by atoms with van der Waals surface area (Å²) < 4.78 is 24.5. The number of ketones is 1. The molecule has 0 bridgehead atoms. The van der Waals surface area contributed by atoms with Gasteiger partial charge >= 0.3 is 0 Å². The molecule has 0 aromatic carbocycles. The average Bonchev–Trinajstić information content (AvgIpc) is 1.95. The average molecular weight is 186 g/mol. The van der Waals surface area contributed by atoms with Crippen molar-refractivity contribution in [3.63, 3.8) is 0 Å². The lowest BCUT2D eigenvalue weighted by molar-refractivity contribution is -0.111. The normalized spacial score (nSPS) is 11.8. The third-order valence-corrected chi connectivity index (χ3v) is 0.990. The smallest absolute Gasteiger partial charge is 0.281 e. The number of hydrogen-bond acceptors (Lipinski definition) is 2. The van der Waals surface area contributed by atoms with Gasteiger partial charge in [-0.15, -0.1) is 0 Å². The summed E-state index contributed by atoms with van der Waals surface area (Å²) in [6, 6.07) is 0. The zero-order chi connectivity index (χ0) is 10.5. The van der Waals surface area contributed by atoms with Crippen LogP contribution in [0, 0.1) is 23.7 Å². The van der Waals surface area contributed by atoms with Crippen LogP contribution < -0.4 is 0 Å². The van der Waals surface area contributed by atoms with Crippen LogP contribution in [0.15, 0.2) is 0 Å². The van der Waals surface area contributed by atoms with Gasteiger partial charge in [-0.25, -0.2) is 8.78 Å². The van der Waals surface area contributed by atoms with E-state index in [1.54, 1.807) is 0 Å². The van der Waals surface area contributed by atoms with Crippen LogP contribution in [0.25, 0.3) is 0 Å². The molecule has 13 heavy (non-hydrogen) atoms. The first-order chi connectivity index (χ1) is 5.84. The molecule has 4 heteroatoms. The molecule has 0 saturated carbocycles. The first-order valence-corrected chi connectivity index (χ1v) is 3.42. The lowest BCUT2D eigenvalue weighted by atomic mass is 10.2. The van der Waals surface area contributed by atoms with Crippen LogP contribution in [0.4, 0.5) is 8.78 Å². The quantitative estimate of drug-likeness (QED) is 0.481. The Morgan fingerprint density at radius 2 is 2.00 bits per heavy atom. The van der Waals surface area contributed by atoms with Crippen molar-refractivity contribution in [2.75, 3.05) is 0 Å². The molecular weight excluding hydrogens is 178 g/mol. The van der Waals surface area contributed by atoms with Crippen molar-refractivity contribution in [2.45, 2.75) is 25.9 Å². The Labute approximate surface area is 74.9 Å². The molecular formula is C9H8F2O2. The van der Waals surface area contributed by atoms with Crippen LogP contribution in [-0.2, 0) is 4.79 Å². The van der Waals surface area contributed by atoms with Crippen LogP contribution in [0.3, 0.4) is 0 Å². The van der Waals surface area contributed by atoms with E-state index in [-0.39, 0.29) is 0 Å². The third-order valence-electron chi connectivity index (χ3n) is 0.990. The number of halogens is 2. The van der Waals surface area contributed by atoms with E-state index in [4.69, 9.17) is 5.11 Å². The Hall–Kier alpha value is -1.39. The molecule has 2 nitrogen and oxygen atoms in total. The van der Waals surface area contributed by atoms with Gasteiger partial charge in [-0.2, -0.15) is 0 Å². The fourth-order valence-corrected chi connectivity index (χ4v) is 0.350. The summed E-state index contributed by atoms with van der Waals surface area (Å²) in [5, 5.41) is 8.67. The van der Waals surface area contributed by atoms with Gasteiger partial charge in [0, 0.05) is 13.8 Å². The van der Waals surface area contributed by atoms with E-state index >= 15 is 0 Å². The fraction of sp³-hybridized carbons (Fsp3) is 0.444. The standard InChI is InChI=1S/C9H8F2O2/c1-7(12)5-3-4-6-8(13)9(2,10)11/h8,13H,1-2H3.